The van der Waals surface area contributed by atoms with Gasteiger partial charge in [0.2, 0.25) is 5.91 Å². The first-order chi connectivity index (χ1) is 7.58. The molecule has 0 aliphatic rings. The van der Waals surface area contributed by atoms with Gasteiger partial charge >= 0.3 is 0 Å². The second-order valence-corrected chi connectivity index (χ2v) is 4.15. The number of nitrogen functional groups attached to an aromatic ring is 1. The molecule has 0 radical (unpaired) electrons. The molecule has 4 nitrogen and oxygen atoms in total. The molecule has 0 atom stereocenters. The number of carbonyl (C=O) groups excluding carboxylic acids is 1. The fraction of sp³-hybridized carbons (Fsp3) is 0.417. The monoisotopic (exact) mass is 222 g/mol. The van der Waals surface area contributed by atoms with Gasteiger partial charge in [-0.15, -0.1) is 0 Å². The van der Waals surface area contributed by atoms with Crippen LogP contribution >= 0.6 is 0 Å². The molecule has 0 aromatic heterocycles. The minimum Gasteiger partial charge on any atom is -0.399 e. The highest BCUT2D eigenvalue weighted by molar-refractivity contribution is 5.77. The Kier molecular flexibility index (Phi) is 4.79. The molecule has 0 saturated carbocycles. The molecule has 0 aliphatic carbocycles. The van der Waals surface area contributed by atoms with Crippen LogP contribution in [0.15, 0.2) is 24.3 Å². The Bertz CT molecular complexity index is 351. The number of anilines is 1. The fourth-order valence-corrected chi connectivity index (χ4v) is 1.21. The summed E-state index contributed by atoms with van der Waals surface area (Å²) in [5, 5.41) is 0. The average Bonchev–Trinajstić information content (AvgIpc) is 2.16. The molecular weight excluding hydrogens is 204 g/mol. The molecule has 4 heteroatoms. The van der Waals surface area contributed by atoms with E-state index in [0.29, 0.717) is 18.2 Å². The van der Waals surface area contributed by atoms with Crippen LogP contribution in [0.4, 0.5) is 5.69 Å². The van der Waals surface area contributed by atoms with E-state index >= 15 is 0 Å². The summed E-state index contributed by atoms with van der Waals surface area (Å²) in [5.41, 5.74) is 9.55. The average molecular weight is 222 g/mol. The standard InChI is InChI=1S/C12H18N2O2/c1-9(2)8-16-14-12(15)7-10-4-3-5-11(13)6-10/h3-6,9H,7-8,13H2,1-2H3,(H,14,15). The van der Waals surface area contributed by atoms with Gasteiger partial charge in [-0.2, -0.15) is 0 Å². The van der Waals surface area contributed by atoms with Gasteiger partial charge in [-0.1, -0.05) is 26.0 Å². The third-order valence-electron chi connectivity index (χ3n) is 1.92. The lowest BCUT2D eigenvalue weighted by atomic mass is 10.1. The summed E-state index contributed by atoms with van der Waals surface area (Å²) in [5.74, 6) is 0.235. The maximum Gasteiger partial charge on any atom is 0.247 e. The van der Waals surface area contributed by atoms with E-state index < -0.39 is 0 Å². The summed E-state index contributed by atoms with van der Waals surface area (Å²) in [7, 11) is 0. The van der Waals surface area contributed by atoms with Gasteiger partial charge in [-0.25, -0.2) is 5.48 Å². The van der Waals surface area contributed by atoms with Crippen LogP contribution in [0.1, 0.15) is 19.4 Å². The molecule has 1 amide bonds. The van der Waals surface area contributed by atoms with E-state index in [1.165, 1.54) is 0 Å². The summed E-state index contributed by atoms with van der Waals surface area (Å²) >= 11 is 0. The highest BCUT2D eigenvalue weighted by atomic mass is 16.6. The predicted octanol–water partition coefficient (Wildman–Crippen LogP) is 1.52. The topological polar surface area (TPSA) is 64.3 Å². The number of rotatable bonds is 5. The van der Waals surface area contributed by atoms with Gasteiger partial charge in [0.25, 0.3) is 0 Å². The number of hydrogen-bond donors (Lipinski definition) is 2. The SMILES string of the molecule is CC(C)CONC(=O)Cc1cccc(N)c1. The summed E-state index contributed by atoms with van der Waals surface area (Å²) in [6.07, 6.45) is 0.281. The third-order valence-corrected chi connectivity index (χ3v) is 1.92. The van der Waals surface area contributed by atoms with E-state index in [2.05, 4.69) is 5.48 Å². The lowest BCUT2D eigenvalue weighted by Gasteiger charge is -2.07. The van der Waals surface area contributed by atoms with Crippen LogP contribution in [0.25, 0.3) is 0 Å². The van der Waals surface area contributed by atoms with Gasteiger partial charge in [-0.05, 0) is 23.6 Å². The zero-order valence-corrected chi connectivity index (χ0v) is 9.69. The molecule has 3 N–H and O–H groups in total. The molecule has 0 fully saturated rings. The summed E-state index contributed by atoms with van der Waals surface area (Å²) in [4.78, 5) is 16.5. The van der Waals surface area contributed by atoms with Crippen molar-refractivity contribution in [1.82, 2.24) is 5.48 Å². The first kappa shape index (κ1) is 12.5. The summed E-state index contributed by atoms with van der Waals surface area (Å²) in [6, 6.07) is 7.25. The number of hydroxylamine groups is 1. The minimum absolute atomic E-state index is 0.161. The lowest BCUT2D eigenvalue weighted by Crippen LogP contribution is -2.27. The highest BCUT2D eigenvalue weighted by Crippen LogP contribution is 2.06. The van der Waals surface area contributed by atoms with Crippen molar-refractivity contribution in [1.29, 1.82) is 0 Å². The Morgan fingerprint density at radius 1 is 1.50 bits per heavy atom. The number of carbonyl (C=O) groups is 1. The van der Waals surface area contributed by atoms with Gasteiger partial charge in [0, 0.05) is 5.69 Å². The zero-order valence-electron chi connectivity index (χ0n) is 9.69. The quantitative estimate of drug-likeness (QED) is 0.586. The van der Waals surface area contributed by atoms with Crippen LogP contribution in [0.3, 0.4) is 0 Å². The fourth-order valence-electron chi connectivity index (χ4n) is 1.21. The van der Waals surface area contributed by atoms with Crippen LogP contribution in [-0.4, -0.2) is 12.5 Å². The first-order valence-corrected chi connectivity index (χ1v) is 5.33. The Morgan fingerprint density at radius 2 is 2.25 bits per heavy atom. The highest BCUT2D eigenvalue weighted by Gasteiger charge is 2.03. The normalized spacial score (nSPS) is 10.4. The second kappa shape index (κ2) is 6.12. The Labute approximate surface area is 95.7 Å². The number of hydrogen-bond acceptors (Lipinski definition) is 3. The van der Waals surface area contributed by atoms with Crippen molar-refractivity contribution >= 4 is 11.6 Å². The number of amides is 1. The first-order valence-electron chi connectivity index (χ1n) is 5.33. The number of nitrogens with one attached hydrogen (secondary N) is 1. The van der Waals surface area contributed by atoms with Crippen LogP contribution in [0, 0.1) is 5.92 Å². The van der Waals surface area contributed by atoms with Crippen molar-refractivity contribution in [2.75, 3.05) is 12.3 Å². The molecule has 0 heterocycles. The molecule has 0 aliphatic heterocycles. The van der Waals surface area contributed by atoms with Gasteiger partial charge in [0.15, 0.2) is 0 Å². The van der Waals surface area contributed by atoms with E-state index in [9.17, 15) is 4.79 Å². The molecule has 0 spiro atoms. The van der Waals surface area contributed by atoms with E-state index in [1.54, 1.807) is 12.1 Å². The minimum atomic E-state index is -0.161. The van der Waals surface area contributed by atoms with Crippen molar-refractivity contribution in [2.45, 2.75) is 20.3 Å². The maximum absolute atomic E-state index is 11.4. The molecule has 1 rings (SSSR count). The molecule has 1 aromatic rings. The Morgan fingerprint density at radius 3 is 2.88 bits per heavy atom. The van der Waals surface area contributed by atoms with Crippen molar-refractivity contribution in [3.63, 3.8) is 0 Å². The van der Waals surface area contributed by atoms with Gasteiger partial charge in [0.05, 0.1) is 13.0 Å². The third kappa shape index (κ3) is 4.79. The second-order valence-electron chi connectivity index (χ2n) is 4.15. The van der Waals surface area contributed by atoms with Gasteiger partial charge < -0.3 is 5.73 Å². The lowest BCUT2D eigenvalue weighted by molar-refractivity contribution is -0.133. The number of benzene rings is 1. The molecule has 0 saturated heterocycles. The van der Waals surface area contributed by atoms with Crippen LogP contribution in [-0.2, 0) is 16.1 Å². The molecule has 88 valence electrons. The van der Waals surface area contributed by atoms with Crippen molar-refractivity contribution < 1.29 is 9.63 Å². The van der Waals surface area contributed by atoms with Crippen molar-refractivity contribution in [3.05, 3.63) is 29.8 Å². The smallest absolute Gasteiger partial charge is 0.247 e. The predicted molar refractivity (Wildman–Crippen MR) is 63.5 cm³/mol. The van der Waals surface area contributed by atoms with Crippen LogP contribution < -0.4 is 11.2 Å². The van der Waals surface area contributed by atoms with E-state index in [-0.39, 0.29) is 12.3 Å². The van der Waals surface area contributed by atoms with Gasteiger partial charge in [0.1, 0.15) is 0 Å². The van der Waals surface area contributed by atoms with Gasteiger partial charge in [-0.3, -0.25) is 9.63 Å². The Balaban J connectivity index is 2.34. The molecule has 1 aromatic carbocycles. The summed E-state index contributed by atoms with van der Waals surface area (Å²) < 4.78 is 0. The molecule has 16 heavy (non-hydrogen) atoms. The van der Waals surface area contributed by atoms with Crippen molar-refractivity contribution in [2.24, 2.45) is 5.92 Å². The largest absolute Gasteiger partial charge is 0.399 e. The zero-order chi connectivity index (χ0) is 12.0. The van der Waals surface area contributed by atoms with Crippen LogP contribution in [0.5, 0.6) is 0 Å². The molecular formula is C12H18N2O2. The van der Waals surface area contributed by atoms with Crippen LogP contribution in [0.2, 0.25) is 0 Å². The van der Waals surface area contributed by atoms with E-state index in [0.717, 1.165) is 5.56 Å². The maximum atomic E-state index is 11.4. The molecule has 0 unspecified atom stereocenters. The Hall–Kier alpha value is -1.55. The van der Waals surface area contributed by atoms with E-state index in [4.69, 9.17) is 10.6 Å². The van der Waals surface area contributed by atoms with Crippen molar-refractivity contribution in [3.8, 4) is 0 Å². The molecule has 0 bridgehead atoms. The number of nitrogens with two attached hydrogens (primary N) is 1. The summed E-state index contributed by atoms with van der Waals surface area (Å²) in [6.45, 7) is 4.55. The van der Waals surface area contributed by atoms with E-state index in [1.807, 2.05) is 26.0 Å².